The highest BCUT2D eigenvalue weighted by Crippen LogP contribution is 2.38. The molecule has 1 atom stereocenters. The maximum atomic E-state index is 11.9. The van der Waals surface area contributed by atoms with E-state index in [2.05, 4.69) is 41.6 Å². The smallest absolute Gasteiger partial charge is 0.226 e. The molecule has 3 aliphatic rings. The predicted molar refractivity (Wildman–Crippen MR) is 121 cm³/mol. The molecule has 0 bridgehead atoms. The van der Waals surface area contributed by atoms with Crippen molar-refractivity contribution in [2.24, 2.45) is 0 Å². The summed E-state index contributed by atoms with van der Waals surface area (Å²) in [6.07, 6.45) is 8.67. The Morgan fingerprint density at radius 3 is 2.68 bits per heavy atom. The van der Waals surface area contributed by atoms with Gasteiger partial charge in [-0.3, -0.25) is 4.79 Å². The number of nitrogens with one attached hydrogen (secondary N) is 1. The minimum Gasteiger partial charge on any atom is -0.356 e. The number of halogens is 1. The fourth-order valence-electron chi connectivity index (χ4n) is 5.26. The number of carbonyl (C=O) groups excluding carboxylic acids is 1. The van der Waals surface area contributed by atoms with Crippen molar-refractivity contribution in [1.29, 1.82) is 0 Å². The average molecular weight is 444 g/mol. The SMILES string of the molecule is C[C@@H]1CC(=O)Nc2ncnc(N3CCC(c4nc(Cl)cn4CCN4CCCC4)CC3)c21. The number of anilines is 2. The van der Waals surface area contributed by atoms with Crippen LogP contribution in [0, 0.1) is 0 Å². The van der Waals surface area contributed by atoms with Crippen molar-refractivity contribution < 1.29 is 4.79 Å². The monoisotopic (exact) mass is 443 g/mol. The van der Waals surface area contributed by atoms with E-state index in [1.54, 1.807) is 6.33 Å². The Labute approximate surface area is 188 Å². The fourth-order valence-corrected chi connectivity index (χ4v) is 5.47. The van der Waals surface area contributed by atoms with Gasteiger partial charge in [0, 0.05) is 50.3 Å². The van der Waals surface area contributed by atoms with Crippen molar-refractivity contribution >= 4 is 29.1 Å². The summed E-state index contributed by atoms with van der Waals surface area (Å²) in [6, 6.07) is 0. The van der Waals surface area contributed by atoms with Crippen LogP contribution in [0.15, 0.2) is 12.5 Å². The Morgan fingerprint density at radius 1 is 1.13 bits per heavy atom. The number of carbonyl (C=O) groups is 1. The number of nitrogens with zero attached hydrogens (tertiary/aromatic N) is 6. The van der Waals surface area contributed by atoms with Crippen LogP contribution < -0.4 is 10.2 Å². The first-order valence-electron chi connectivity index (χ1n) is 11.4. The lowest BCUT2D eigenvalue weighted by Gasteiger charge is -2.35. The number of aromatic nitrogens is 4. The minimum absolute atomic E-state index is 0.0287. The maximum Gasteiger partial charge on any atom is 0.226 e. The molecule has 2 fully saturated rings. The molecule has 166 valence electrons. The second-order valence-electron chi connectivity index (χ2n) is 9.04. The van der Waals surface area contributed by atoms with Gasteiger partial charge in [-0.2, -0.15) is 0 Å². The van der Waals surface area contributed by atoms with E-state index in [1.807, 2.05) is 6.20 Å². The number of hydrogen-bond donors (Lipinski definition) is 1. The quantitative estimate of drug-likeness (QED) is 0.764. The molecule has 0 radical (unpaired) electrons. The van der Waals surface area contributed by atoms with Crippen LogP contribution in [0.4, 0.5) is 11.6 Å². The van der Waals surface area contributed by atoms with E-state index in [1.165, 1.54) is 25.9 Å². The van der Waals surface area contributed by atoms with E-state index in [0.29, 0.717) is 23.3 Å². The van der Waals surface area contributed by atoms with Gasteiger partial charge in [0.1, 0.15) is 28.9 Å². The van der Waals surface area contributed by atoms with Gasteiger partial charge in [-0.15, -0.1) is 0 Å². The summed E-state index contributed by atoms with van der Waals surface area (Å²) in [5.41, 5.74) is 1.07. The van der Waals surface area contributed by atoms with Crippen LogP contribution in [0.25, 0.3) is 0 Å². The van der Waals surface area contributed by atoms with Crippen LogP contribution in [-0.4, -0.2) is 63.0 Å². The molecule has 5 rings (SSSR count). The molecule has 2 aromatic heterocycles. The molecular formula is C22H30ClN7O. The zero-order chi connectivity index (χ0) is 21.4. The Balaban J connectivity index is 1.28. The predicted octanol–water partition coefficient (Wildman–Crippen LogP) is 3.25. The second-order valence-corrected chi connectivity index (χ2v) is 9.43. The summed E-state index contributed by atoms with van der Waals surface area (Å²) in [4.78, 5) is 30.3. The number of likely N-dealkylation sites (tertiary alicyclic amines) is 1. The third kappa shape index (κ3) is 4.28. The number of imidazole rings is 1. The third-order valence-corrected chi connectivity index (χ3v) is 7.08. The highest BCUT2D eigenvalue weighted by molar-refractivity contribution is 6.29. The van der Waals surface area contributed by atoms with Crippen LogP contribution in [0.3, 0.4) is 0 Å². The summed E-state index contributed by atoms with van der Waals surface area (Å²) in [7, 11) is 0. The molecule has 0 aliphatic carbocycles. The summed E-state index contributed by atoms with van der Waals surface area (Å²) < 4.78 is 2.27. The van der Waals surface area contributed by atoms with Crippen LogP contribution in [0.5, 0.6) is 0 Å². The molecule has 1 amide bonds. The van der Waals surface area contributed by atoms with Crippen molar-refractivity contribution in [2.75, 3.05) is 42.9 Å². The van der Waals surface area contributed by atoms with Gasteiger partial charge in [0.2, 0.25) is 5.91 Å². The minimum atomic E-state index is 0.0287. The van der Waals surface area contributed by atoms with Gasteiger partial charge in [0.15, 0.2) is 0 Å². The van der Waals surface area contributed by atoms with Crippen molar-refractivity contribution in [3.8, 4) is 0 Å². The summed E-state index contributed by atoms with van der Waals surface area (Å²) >= 11 is 6.30. The summed E-state index contributed by atoms with van der Waals surface area (Å²) in [5.74, 6) is 3.31. The van der Waals surface area contributed by atoms with Gasteiger partial charge in [0.05, 0.1) is 0 Å². The van der Waals surface area contributed by atoms with Gasteiger partial charge < -0.3 is 19.7 Å². The molecule has 0 saturated carbocycles. The Hall–Kier alpha value is -2.19. The van der Waals surface area contributed by atoms with Gasteiger partial charge in [-0.05, 0) is 44.7 Å². The first kappa shape index (κ1) is 20.7. The Bertz CT molecular complexity index is 947. The molecule has 0 spiro atoms. The number of hydrogen-bond acceptors (Lipinski definition) is 6. The number of piperidine rings is 1. The van der Waals surface area contributed by atoms with Gasteiger partial charge in [0.25, 0.3) is 0 Å². The summed E-state index contributed by atoms with van der Waals surface area (Å²) in [6.45, 7) is 8.32. The highest BCUT2D eigenvalue weighted by Gasteiger charge is 2.31. The lowest BCUT2D eigenvalue weighted by atomic mass is 9.92. The molecule has 0 unspecified atom stereocenters. The average Bonchev–Trinajstić information content (AvgIpc) is 3.41. The Morgan fingerprint density at radius 2 is 1.90 bits per heavy atom. The van der Waals surface area contributed by atoms with Gasteiger partial charge >= 0.3 is 0 Å². The van der Waals surface area contributed by atoms with Crippen molar-refractivity contribution in [3.05, 3.63) is 29.1 Å². The van der Waals surface area contributed by atoms with E-state index in [-0.39, 0.29) is 11.8 Å². The molecule has 8 nitrogen and oxygen atoms in total. The zero-order valence-electron chi connectivity index (χ0n) is 18.1. The zero-order valence-corrected chi connectivity index (χ0v) is 18.8. The molecule has 0 aromatic carbocycles. The second kappa shape index (κ2) is 8.74. The van der Waals surface area contributed by atoms with E-state index in [9.17, 15) is 4.79 Å². The van der Waals surface area contributed by atoms with Crippen LogP contribution in [-0.2, 0) is 11.3 Å². The molecule has 2 aromatic rings. The maximum absolute atomic E-state index is 11.9. The molecule has 31 heavy (non-hydrogen) atoms. The lowest BCUT2D eigenvalue weighted by Crippen LogP contribution is -2.36. The van der Waals surface area contributed by atoms with E-state index >= 15 is 0 Å². The van der Waals surface area contributed by atoms with Gasteiger partial charge in [-0.25, -0.2) is 15.0 Å². The van der Waals surface area contributed by atoms with Gasteiger partial charge in [-0.1, -0.05) is 18.5 Å². The van der Waals surface area contributed by atoms with E-state index in [0.717, 1.165) is 56.2 Å². The van der Waals surface area contributed by atoms with Crippen LogP contribution in [0.1, 0.15) is 62.3 Å². The van der Waals surface area contributed by atoms with Crippen molar-refractivity contribution in [3.63, 3.8) is 0 Å². The Kier molecular flexibility index (Phi) is 5.84. The number of rotatable bonds is 5. The molecular weight excluding hydrogens is 414 g/mol. The molecule has 3 aliphatic heterocycles. The van der Waals surface area contributed by atoms with Crippen molar-refractivity contribution in [1.82, 2.24) is 24.4 Å². The molecule has 5 heterocycles. The fraction of sp³-hybridized carbons (Fsp3) is 0.636. The van der Waals surface area contributed by atoms with Crippen LogP contribution in [0.2, 0.25) is 5.15 Å². The molecule has 9 heteroatoms. The highest BCUT2D eigenvalue weighted by atomic mass is 35.5. The van der Waals surface area contributed by atoms with Crippen molar-refractivity contribution in [2.45, 2.75) is 57.4 Å². The topological polar surface area (TPSA) is 79.2 Å². The molecule has 1 N–H and O–H groups in total. The number of amides is 1. The third-order valence-electron chi connectivity index (χ3n) is 6.90. The largest absolute Gasteiger partial charge is 0.356 e. The normalized spacial score (nSPS) is 22.6. The van der Waals surface area contributed by atoms with E-state index in [4.69, 9.17) is 11.6 Å². The standard InChI is InChI=1S/C22H30ClN7O/c1-15-12-18(31)27-20-19(15)22(25-14-24-20)29-8-4-16(5-9-29)21-26-17(23)13-30(21)11-10-28-6-2-3-7-28/h13-16H,2-12H2,1H3,(H,24,25,27,31)/t15-/m1/s1. The summed E-state index contributed by atoms with van der Waals surface area (Å²) in [5, 5.41) is 3.49. The lowest BCUT2D eigenvalue weighted by molar-refractivity contribution is -0.116. The first-order chi connectivity index (χ1) is 15.1. The number of fused-ring (bicyclic) bond motifs is 1. The van der Waals surface area contributed by atoms with E-state index < -0.39 is 0 Å². The molecule has 2 saturated heterocycles. The van der Waals surface area contributed by atoms with Crippen LogP contribution >= 0.6 is 11.6 Å². The first-order valence-corrected chi connectivity index (χ1v) is 11.8.